The Morgan fingerprint density at radius 2 is 1.57 bits per heavy atom. The molecule has 1 saturated heterocycles. The van der Waals surface area contributed by atoms with Crippen molar-refractivity contribution >= 4 is 11.6 Å². The summed E-state index contributed by atoms with van der Waals surface area (Å²) in [5.74, 6) is 2.81. The Morgan fingerprint density at radius 1 is 0.933 bits per heavy atom. The van der Waals surface area contributed by atoms with Gasteiger partial charge < -0.3 is 29.3 Å². The molecule has 7 nitrogen and oxygen atoms in total. The normalized spacial score (nSPS) is 14.5. The maximum Gasteiger partial charge on any atom is 0.203 e. The number of hydrogen-bond acceptors (Lipinski definition) is 5. The molecule has 30 heavy (non-hydrogen) atoms. The number of aliphatic imine (C=N–C) groups is 1. The number of para-hydroxylation sites is 1. The van der Waals surface area contributed by atoms with Crippen molar-refractivity contribution in [1.82, 2.24) is 10.2 Å². The molecule has 7 heteroatoms. The number of rotatable bonds is 7. The lowest BCUT2D eigenvalue weighted by molar-refractivity contribution is 0.324. The van der Waals surface area contributed by atoms with Crippen LogP contribution in [0, 0.1) is 0 Å². The van der Waals surface area contributed by atoms with Crippen molar-refractivity contribution in [1.29, 1.82) is 0 Å². The SMILES string of the molecule is CCNC(=NCc1cc(OC)c(OC)c(OC)c1)N1CCN(c2ccccc2)CC1. The summed E-state index contributed by atoms with van der Waals surface area (Å²) >= 11 is 0. The van der Waals surface area contributed by atoms with Crippen molar-refractivity contribution in [3.63, 3.8) is 0 Å². The summed E-state index contributed by atoms with van der Waals surface area (Å²) in [5.41, 5.74) is 2.28. The predicted octanol–water partition coefficient (Wildman–Crippen LogP) is 3.00. The molecule has 0 bridgehead atoms. The Labute approximate surface area is 179 Å². The Morgan fingerprint density at radius 3 is 2.10 bits per heavy atom. The molecule has 0 aliphatic carbocycles. The van der Waals surface area contributed by atoms with Gasteiger partial charge in [-0.15, -0.1) is 0 Å². The minimum absolute atomic E-state index is 0.526. The highest BCUT2D eigenvalue weighted by Crippen LogP contribution is 2.38. The third-order valence-corrected chi connectivity index (χ3v) is 5.17. The summed E-state index contributed by atoms with van der Waals surface area (Å²) in [7, 11) is 4.86. The average molecular weight is 413 g/mol. The fourth-order valence-corrected chi connectivity index (χ4v) is 3.63. The molecule has 1 N–H and O–H groups in total. The van der Waals surface area contributed by atoms with E-state index in [1.54, 1.807) is 21.3 Å². The van der Waals surface area contributed by atoms with E-state index >= 15 is 0 Å². The number of hydrogen-bond donors (Lipinski definition) is 1. The number of anilines is 1. The van der Waals surface area contributed by atoms with E-state index in [1.165, 1.54) is 5.69 Å². The van der Waals surface area contributed by atoms with Crippen molar-refractivity contribution < 1.29 is 14.2 Å². The van der Waals surface area contributed by atoms with Gasteiger partial charge in [0.05, 0.1) is 27.9 Å². The molecule has 162 valence electrons. The molecule has 3 rings (SSSR count). The molecule has 0 saturated carbocycles. The molecule has 2 aromatic rings. The van der Waals surface area contributed by atoms with Gasteiger partial charge in [-0.2, -0.15) is 0 Å². The molecule has 2 aromatic carbocycles. The van der Waals surface area contributed by atoms with Gasteiger partial charge in [-0.25, -0.2) is 4.99 Å². The largest absolute Gasteiger partial charge is 0.493 e. The van der Waals surface area contributed by atoms with Crippen LogP contribution in [0.5, 0.6) is 17.2 Å². The van der Waals surface area contributed by atoms with Crippen LogP contribution in [-0.4, -0.2) is 64.9 Å². The predicted molar refractivity (Wildman–Crippen MR) is 121 cm³/mol. The second-order valence-corrected chi connectivity index (χ2v) is 7.01. The van der Waals surface area contributed by atoms with Gasteiger partial charge in [-0.3, -0.25) is 0 Å². The summed E-state index contributed by atoms with van der Waals surface area (Å²) in [6.07, 6.45) is 0. The number of nitrogens with zero attached hydrogens (tertiary/aromatic N) is 3. The molecule has 1 aliphatic rings. The topological polar surface area (TPSA) is 58.6 Å². The minimum atomic E-state index is 0.526. The minimum Gasteiger partial charge on any atom is -0.493 e. The Bertz CT molecular complexity index is 809. The summed E-state index contributed by atoms with van der Waals surface area (Å²) in [5, 5.41) is 3.43. The quantitative estimate of drug-likeness (QED) is 0.557. The number of ether oxygens (including phenoxy) is 3. The molecular weight excluding hydrogens is 380 g/mol. The second kappa shape index (κ2) is 10.6. The lowest BCUT2D eigenvalue weighted by atomic mass is 10.2. The average Bonchev–Trinajstić information content (AvgIpc) is 2.81. The zero-order valence-electron chi connectivity index (χ0n) is 18.4. The lowest BCUT2D eigenvalue weighted by Gasteiger charge is -2.37. The van der Waals surface area contributed by atoms with Crippen molar-refractivity contribution in [3.8, 4) is 17.2 Å². The van der Waals surface area contributed by atoms with E-state index in [4.69, 9.17) is 19.2 Å². The van der Waals surface area contributed by atoms with Gasteiger partial charge in [-0.05, 0) is 36.8 Å². The molecule has 1 heterocycles. The molecule has 1 aliphatic heterocycles. The first-order valence-electron chi connectivity index (χ1n) is 10.3. The van der Waals surface area contributed by atoms with Gasteiger partial charge in [0.15, 0.2) is 17.5 Å². The molecule has 1 fully saturated rings. The molecular formula is C23H32N4O3. The van der Waals surface area contributed by atoms with Crippen LogP contribution in [0.3, 0.4) is 0 Å². The molecule has 0 atom stereocenters. The van der Waals surface area contributed by atoms with Crippen molar-refractivity contribution in [2.75, 3.05) is 59.0 Å². The summed E-state index contributed by atoms with van der Waals surface area (Å²) < 4.78 is 16.3. The molecule has 0 radical (unpaired) electrons. The van der Waals surface area contributed by atoms with E-state index in [9.17, 15) is 0 Å². The van der Waals surface area contributed by atoms with E-state index in [-0.39, 0.29) is 0 Å². The Hall–Kier alpha value is -3.09. The van der Waals surface area contributed by atoms with Crippen LogP contribution in [0.25, 0.3) is 0 Å². The van der Waals surface area contributed by atoms with E-state index < -0.39 is 0 Å². The molecule has 0 unspecified atom stereocenters. The third-order valence-electron chi connectivity index (χ3n) is 5.17. The molecule has 0 spiro atoms. The first-order valence-corrected chi connectivity index (χ1v) is 10.3. The van der Waals surface area contributed by atoms with E-state index in [2.05, 4.69) is 52.4 Å². The van der Waals surface area contributed by atoms with Crippen LogP contribution in [0.4, 0.5) is 5.69 Å². The van der Waals surface area contributed by atoms with Gasteiger partial charge in [-0.1, -0.05) is 18.2 Å². The zero-order chi connectivity index (χ0) is 21.3. The van der Waals surface area contributed by atoms with Gasteiger partial charge >= 0.3 is 0 Å². The van der Waals surface area contributed by atoms with Crippen LogP contribution in [0.1, 0.15) is 12.5 Å². The summed E-state index contributed by atoms with van der Waals surface area (Å²) in [4.78, 5) is 9.61. The Kier molecular flexibility index (Phi) is 7.65. The number of piperazine rings is 1. The lowest BCUT2D eigenvalue weighted by Crippen LogP contribution is -2.52. The van der Waals surface area contributed by atoms with Gasteiger partial charge in [0.1, 0.15) is 0 Å². The highest BCUT2D eigenvalue weighted by molar-refractivity contribution is 5.80. The monoisotopic (exact) mass is 412 g/mol. The van der Waals surface area contributed by atoms with E-state index in [0.717, 1.165) is 44.2 Å². The first kappa shape index (κ1) is 21.6. The zero-order valence-corrected chi connectivity index (χ0v) is 18.4. The molecule has 0 amide bonds. The first-order chi connectivity index (χ1) is 14.7. The fourth-order valence-electron chi connectivity index (χ4n) is 3.63. The maximum atomic E-state index is 5.46. The molecule has 0 aromatic heterocycles. The summed E-state index contributed by atoms with van der Waals surface area (Å²) in [6, 6.07) is 14.5. The maximum absolute atomic E-state index is 5.46. The van der Waals surface area contributed by atoms with E-state index in [1.807, 2.05) is 12.1 Å². The van der Waals surface area contributed by atoms with E-state index in [0.29, 0.717) is 23.8 Å². The standard InChI is InChI=1S/C23H32N4O3/c1-5-24-23(27-13-11-26(12-14-27)19-9-7-6-8-10-19)25-17-18-15-20(28-2)22(30-4)21(16-18)29-3/h6-10,15-16H,5,11-14,17H2,1-4H3,(H,24,25). The van der Waals surface area contributed by atoms with Crippen molar-refractivity contribution in [2.24, 2.45) is 4.99 Å². The van der Waals surface area contributed by atoms with Gasteiger partial charge in [0, 0.05) is 38.4 Å². The van der Waals surface area contributed by atoms with Gasteiger partial charge in [0.25, 0.3) is 0 Å². The van der Waals surface area contributed by atoms with Crippen LogP contribution in [0.2, 0.25) is 0 Å². The van der Waals surface area contributed by atoms with Crippen molar-refractivity contribution in [3.05, 3.63) is 48.0 Å². The highest BCUT2D eigenvalue weighted by atomic mass is 16.5. The number of methoxy groups -OCH3 is 3. The number of benzene rings is 2. The summed E-state index contributed by atoms with van der Waals surface area (Å²) in [6.45, 7) is 7.24. The van der Waals surface area contributed by atoms with Crippen LogP contribution >= 0.6 is 0 Å². The smallest absolute Gasteiger partial charge is 0.203 e. The van der Waals surface area contributed by atoms with Crippen LogP contribution < -0.4 is 24.4 Å². The highest BCUT2D eigenvalue weighted by Gasteiger charge is 2.20. The number of guanidine groups is 1. The van der Waals surface area contributed by atoms with Gasteiger partial charge in [0.2, 0.25) is 5.75 Å². The Balaban J connectivity index is 1.71. The van der Waals surface area contributed by atoms with Crippen LogP contribution in [-0.2, 0) is 6.54 Å². The third kappa shape index (κ3) is 5.09. The van der Waals surface area contributed by atoms with Crippen molar-refractivity contribution in [2.45, 2.75) is 13.5 Å². The second-order valence-electron chi connectivity index (χ2n) is 7.01. The number of nitrogens with one attached hydrogen (secondary N) is 1. The fraction of sp³-hybridized carbons (Fsp3) is 0.435. The van der Waals surface area contributed by atoms with Crippen LogP contribution in [0.15, 0.2) is 47.5 Å².